The summed E-state index contributed by atoms with van der Waals surface area (Å²) in [6, 6.07) is 0.770. The van der Waals surface area contributed by atoms with Crippen LogP contribution >= 0.6 is 0 Å². The highest BCUT2D eigenvalue weighted by Gasteiger charge is 2.32. The normalized spacial score (nSPS) is 37.3. The van der Waals surface area contributed by atoms with Crippen molar-refractivity contribution in [2.24, 2.45) is 17.8 Å². The molecule has 0 radical (unpaired) electrons. The van der Waals surface area contributed by atoms with Gasteiger partial charge in [0.2, 0.25) is 0 Å². The Morgan fingerprint density at radius 1 is 1.07 bits per heavy atom. The van der Waals surface area contributed by atoms with Crippen LogP contribution in [0.15, 0.2) is 0 Å². The number of nitrogens with one attached hydrogen (secondary N) is 1. The molecular formula is C13H25N. The van der Waals surface area contributed by atoms with E-state index in [1.165, 1.54) is 45.1 Å². The smallest absolute Gasteiger partial charge is 0.00701 e. The molecule has 0 aromatic heterocycles. The Kier molecular flexibility index (Phi) is 3.48. The van der Waals surface area contributed by atoms with Crippen molar-refractivity contribution in [2.75, 3.05) is 6.54 Å². The van der Waals surface area contributed by atoms with Crippen molar-refractivity contribution in [3.8, 4) is 0 Å². The third-order valence-electron chi connectivity index (χ3n) is 4.65. The van der Waals surface area contributed by atoms with E-state index in [9.17, 15) is 0 Å². The number of rotatable bonds is 2. The summed E-state index contributed by atoms with van der Waals surface area (Å²) in [7, 11) is 0. The molecule has 1 aliphatic heterocycles. The van der Waals surface area contributed by atoms with Gasteiger partial charge in [-0.3, -0.25) is 0 Å². The summed E-state index contributed by atoms with van der Waals surface area (Å²) < 4.78 is 0. The van der Waals surface area contributed by atoms with Gasteiger partial charge in [-0.2, -0.15) is 0 Å². The third-order valence-corrected chi connectivity index (χ3v) is 4.65. The van der Waals surface area contributed by atoms with Crippen molar-refractivity contribution < 1.29 is 0 Å². The minimum absolute atomic E-state index is 0.770. The first-order valence-electron chi connectivity index (χ1n) is 6.52. The van der Waals surface area contributed by atoms with Gasteiger partial charge in [0.05, 0.1) is 0 Å². The Hall–Kier alpha value is -0.0400. The van der Waals surface area contributed by atoms with Gasteiger partial charge in [0, 0.05) is 6.04 Å². The fourth-order valence-corrected chi connectivity index (χ4v) is 3.61. The number of hydrogen-bond donors (Lipinski definition) is 1. The van der Waals surface area contributed by atoms with E-state index >= 15 is 0 Å². The lowest BCUT2D eigenvalue weighted by Crippen LogP contribution is -2.31. The first-order valence-corrected chi connectivity index (χ1v) is 6.52. The zero-order valence-corrected chi connectivity index (χ0v) is 9.76. The van der Waals surface area contributed by atoms with Crippen molar-refractivity contribution in [3.05, 3.63) is 0 Å². The second-order valence-electron chi connectivity index (χ2n) is 5.45. The molecule has 82 valence electrons. The van der Waals surface area contributed by atoms with Gasteiger partial charge in [0.25, 0.3) is 0 Å². The molecule has 0 spiro atoms. The molecular weight excluding hydrogens is 170 g/mol. The quantitative estimate of drug-likeness (QED) is 0.713. The lowest BCUT2D eigenvalue weighted by atomic mass is 9.73. The zero-order chi connectivity index (χ0) is 9.97. The molecule has 2 aliphatic rings. The van der Waals surface area contributed by atoms with E-state index in [1.807, 2.05) is 0 Å². The standard InChI is InChI=1S/C13H25N/c1-10(12-6-4-3-5-7-12)13-8-9-14-11(13)2/h10-14H,3-9H2,1-2H3. The van der Waals surface area contributed by atoms with Crippen LogP contribution in [0.1, 0.15) is 52.4 Å². The monoisotopic (exact) mass is 195 g/mol. The first-order chi connectivity index (χ1) is 6.79. The maximum absolute atomic E-state index is 3.59. The van der Waals surface area contributed by atoms with Crippen molar-refractivity contribution in [1.82, 2.24) is 5.32 Å². The molecule has 1 saturated carbocycles. The molecule has 0 amide bonds. The minimum atomic E-state index is 0.770. The second kappa shape index (κ2) is 4.65. The van der Waals surface area contributed by atoms with Crippen LogP contribution in [0.4, 0.5) is 0 Å². The summed E-state index contributed by atoms with van der Waals surface area (Å²) in [5.41, 5.74) is 0. The summed E-state index contributed by atoms with van der Waals surface area (Å²) in [5.74, 6) is 2.95. The lowest BCUT2D eigenvalue weighted by Gasteiger charge is -2.33. The molecule has 0 bridgehead atoms. The third kappa shape index (κ3) is 2.13. The summed E-state index contributed by atoms with van der Waals surface area (Å²) in [5, 5.41) is 3.59. The van der Waals surface area contributed by atoms with Crippen molar-refractivity contribution >= 4 is 0 Å². The van der Waals surface area contributed by atoms with Crippen molar-refractivity contribution in [1.29, 1.82) is 0 Å². The van der Waals surface area contributed by atoms with E-state index in [0.717, 1.165) is 23.8 Å². The molecule has 0 aromatic carbocycles. The average Bonchev–Trinajstić information content (AvgIpc) is 2.65. The lowest BCUT2D eigenvalue weighted by molar-refractivity contribution is 0.185. The van der Waals surface area contributed by atoms with Crippen LogP contribution in [-0.2, 0) is 0 Å². The molecule has 1 aliphatic carbocycles. The first kappa shape index (κ1) is 10.5. The molecule has 2 rings (SSSR count). The minimum Gasteiger partial charge on any atom is -0.314 e. The Bertz CT molecular complexity index is 172. The topological polar surface area (TPSA) is 12.0 Å². The molecule has 3 atom stereocenters. The highest BCUT2D eigenvalue weighted by molar-refractivity contribution is 4.87. The Labute approximate surface area is 88.7 Å². The van der Waals surface area contributed by atoms with Gasteiger partial charge in [0.1, 0.15) is 0 Å². The Balaban J connectivity index is 1.89. The van der Waals surface area contributed by atoms with Gasteiger partial charge >= 0.3 is 0 Å². The Morgan fingerprint density at radius 2 is 1.79 bits per heavy atom. The summed E-state index contributed by atoms with van der Waals surface area (Å²) in [4.78, 5) is 0. The maximum Gasteiger partial charge on any atom is 0.00701 e. The molecule has 0 aromatic rings. The van der Waals surface area contributed by atoms with Crippen LogP contribution in [0.5, 0.6) is 0 Å². The van der Waals surface area contributed by atoms with Gasteiger partial charge in [-0.25, -0.2) is 0 Å². The zero-order valence-electron chi connectivity index (χ0n) is 9.76. The SMILES string of the molecule is CC1NCCC1C(C)C1CCCCC1. The predicted molar refractivity (Wildman–Crippen MR) is 61.3 cm³/mol. The molecule has 3 unspecified atom stereocenters. The molecule has 1 heterocycles. The van der Waals surface area contributed by atoms with Gasteiger partial charge in [-0.15, -0.1) is 0 Å². The highest BCUT2D eigenvalue weighted by atomic mass is 14.9. The summed E-state index contributed by atoms with van der Waals surface area (Å²) in [6.45, 7) is 6.13. The van der Waals surface area contributed by atoms with E-state index in [2.05, 4.69) is 19.2 Å². The maximum atomic E-state index is 3.59. The predicted octanol–water partition coefficient (Wildman–Crippen LogP) is 3.20. The van der Waals surface area contributed by atoms with Crippen LogP contribution in [0.2, 0.25) is 0 Å². The summed E-state index contributed by atoms with van der Waals surface area (Å²) >= 11 is 0. The van der Waals surface area contributed by atoms with Gasteiger partial charge in [0.15, 0.2) is 0 Å². The van der Waals surface area contributed by atoms with Gasteiger partial charge in [-0.1, -0.05) is 39.0 Å². The summed E-state index contributed by atoms with van der Waals surface area (Å²) in [6.07, 6.45) is 8.89. The fourth-order valence-electron chi connectivity index (χ4n) is 3.61. The van der Waals surface area contributed by atoms with E-state index < -0.39 is 0 Å². The molecule has 1 heteroatoms. The van der Waals surface area contributed by atoms with Crippen LogP contribution in [-0.4, -0.2) is 12.6 Å². The largest absolute Gasteiger partial charge is 0.314 e. The van der Waals surface area contributed by atoms with Crippen LogP contribution in [0.3, 0.4) is 0 Å². The number of hydrogen-bond acceptors (Lipinski definition) is 1. The average molecular weight is 195 g/mol. The highest BCUT2D eigenvalue weighted by Crippen LogP contribution is 2.37. The molecule has 14 heavy (non-hydrogen) atoms. The van der Waals surface area contributed by atoms with E-state index in [1.54, 1.807) is 0 Å². The van der Waals surface area contributed by atoms with Crippen LogP contribution in [0, 0.1) is 17.8 Å². The molecule has 1 N–H and O–H groups in total. The molecule has 1 saturated heterocycles. The van der Waals surface area contributed by atoms with E-state index in [-0.39, 0.29) is 0 Å². The van der Waals surface area contributed by atoms with Crippen molar-refractivity contribution in [2.45, 2.75) is 58.4 Å². The fraction of sp³-hybridized carbons (Fsp3) is 1.00. The van der Waals surface area contributed by atoms with Crippen LogP contribution in [0.25, 0.3) is 0 Å². The Morgan fingerprint density at radius 3 is 2.36 bits per heavy atom. The van der Waals surface area contributed by atoms with Gasteiger partial charge < -0.3 is 5.32 Å². The molecule has 2 fully saturated rings. The van der Waals surface area contributed by atoms with Crippen LogP contribution < -0.4 is 5.32 Å². The molecule has 1 nitrogen and oxygen atoms in total. The van der Waals surface area contributed by atoms with E-state index in [4.69, 9.17) is 0 Å². The van der Waals surface area contributed by atoms with Gasteiger partial charge in [-0.05, 0) is 37.6 Å². The van der Waals surface area contributed by atoms with Crippen molar-refractivity contribution in [3.63, 3.8) is 0 Å². The van der Waals surface area contributed by atoms with E-state index in [0.29, 0.717) is 0 Å². The second-order valence-corrected chi connectivity index (χ2v) is 5.45.